The Morgan fingerprint density at radius 3 is 2.24 bits per heavy atom. The molecule has 0 aliphatic carbocycles. The summed E-state index contributed by atoms with van der Waals surface area (Å²) in [5, 5.41) is 10.4. The van der Waals surface area contributed by atoms with Crippen LogP contribution in [-0.2, 0) is 31.7 Å². The van der Waals surface area contributed by atoms with Crippen LogP contribution in [0.3, 0.4) is 0 Å². The van der Waals surface area contributed by atoms with Gasteiger partial charge in [-0.15, -0.1) is 0 Å². The van der Waals surface area contributed by atoms with Crippen LogP contribution in [-0.4, -0.2) is 30.1 Å². The maximum absolute atomic E-state index is 12.6. The lowest BCUT2D eigenvalue weighted by Crippen LogP contribution is -2.24. The summed E-state index contributed by atoms with van der Waals surface area (Å²) >= 11 is 0. The molecule has 0 aliphatic heterocycles. The Morgan fingerprint density at radius 1 is 0.947 bits per heavy atom. The van der Waals surface area contributed by atoms with E-state index in [0.717, 1.165) is 34.2 Å². The molecule has 202 valence electrons. The normalized spacial score (nSPS) is 12.6. The first kappa shape index (κ1) is 29.3. The van der Waals surface area contributed by atoms with Crippen molar-refractivity contribution in [2.75, 3.05) is 13.1 Å². The number of aryl methyl sites for hydroxylation is 2. The van der Waals surface area contributed by atoms with Gasteiger partial charge in [0.2, 0.25) is 0 Å². The third-order valence-corrected chi connectivity index (χ3v) is 7.65. The summed E-state index contributed by atoms with van der Waals surface area (Å²) in [5.41, 5.74) is 5.89. The molecule has 3 aromatic rings. The van der Waals surface area contributed by atoms with Crippen molar-refractivity contribution in [1.82, 2.24) is 0 Å². The fourth-order valence-electron chi connectivity index (χ4n) is 3.95. The molecule has 6 nitrogen and oxygen atoms in total. The second-order valence-corrected chi connectivity index (χ2v) is 12.4. The molecule has 0 fully saturated rings. The molecule has 0 saturated heterocycles. The molecule has 0 bridgehead atoms. The number of phenols is 1. The van der Waals surface area contributed by atoms with Crippen molar-refractivity contribution in [3.8, 4) is 11.5 Å². The number of carbonyl (C=O) groups excluding carboxylic acids is 1. The van der Waals surface area contributed by atoms with Crippen LogP contribution in [0.5, 0.6) is 11.5 Å². The highest BCUT2D eigenvalue weighted by atomic mass is 31.1. The van der Waals surface area contributed by atoms with E-state index in [0.29, 0.717) is 17.9 Å². The highest BCUT2D eigenvalue weighted by molar-refractivity contribution is 7.45. The van der Waals surface area contributed by atoms with Crippen LogP contribution in [0.25, 0.3) is 0 Å². The van der Waals surface area contributed by atoms with E-state index in [1.807, 2.05) is 50.2 Å². The molecule has 0 saturated carbocycles. The maximum Gasteiger partial charge on any atom is 0.410 e. The predicted molar refractivity (Wildman–Crippen MR) is 150 cm³/mol. The van der Waals surface area contributed by atoms with E-state index in [4.69, 9.17) is 14.2 Å². The van der Waals surface area contributed by atoms with Crippen LogP contribution in [0.2, 0.25) is 0 Å². The first-order chi connectivity index (χ1) is 17.9. The average Bonchev–Trinajstić information content (AvgIpc) is 2.86. The molecule has 0 heterocycles. The first-order valence-electron chi connectivity index (χ1n) is 12.7. The molecule has 0 spiro atoms. The number of phenolic OH excluding ortho intramolecular Hbond substituents is 1. The molecule has 3 rings (SSSR count). The molecule has 3 aromatic carbocycles. The topological polar surface area (TPSA) is 82.1 Å². The zero-order valence-electron chi connectivity index (χ0n) is 23.1. The van der Waals surface area contributed by atoms with E-state index in [1.165, 1.54) is 5.56 Å². The summed E-state index contributed by atoms with van der Waals surface area (Å²) in [5.74, 6) is -0.0378. The van der Waals surface area contributed by atoms with E-state index in [9.17, 15) is 14.5 Å². The van der Waals surface area contributed by atoms with Gasteiger partial charge in [0.05, 0.1) is 5.41 Å². The Balaban J connectivity index is 1.59. The SMILES string of the molecule is Cc1cc(OC[P+](=O)C(C)OCOC(=O)C(C)(C)C)cc(C)c1Cc1ccc(O)c(Cc2ccccc2)c1. The summed E-state index contributed by atoms with van der Waals surface area (Å²) in [6.45, 7) is 10.8. The lowest BCUT2D eigenvalue weighted by Gasteiger charge is -2.16. The minimum absolute atomic E-state index is 0.00273. The van der Waals surface area contributed by atoms with Gasteiger partial charge in [0.15, 0.2) is 6.79 Å². The van der Waals surface area contributed by atoms with Crippen LogP contribution in [0.1, 0.15) is 61.1 Å². The zero-order chi connectivity index (χ0) is 27.9. The van der Waals surface area contributed by atoms with Gasteiger partial charge < -0.3 is 14.6 Å². The zero-order valence-corrected chi connectivity index (χ0v) is 24.0. The van der Waals surface area contributed by atoms with Gasteiger partial charge in [-0.2, -0.15) is 0 Å². The fraction of sp³-hybridized carbons (Fsp3) is 0.387. The van der Waals surface area contributed by atoms with Crippen molar-refractivity contribution < 1.29 is 28.7 Å². The van der Waals surface area contributed by atoms with Crippen molar-refractivity contribution in [3.05, 3.63) is 94.0 Å². The van der Waals surface area contributed by atoms with Crippen molar-refractivity contribution in [2.24, 2.45) is 5.41 Å². The molecule has 0 radical (unpaired) electrons. The Hall–Kier alpha value is -3.21. The average molecular weight is 538 g/mol. The van der Waals surface area contributed by atoms with Crippen molar-refractivity contribution in [1.29, 1.82) is 0 Å². The molecule has 0 aromatic heterocycles. The molecule has 0 aliphatic rings. The van der Waals surface area contributed by atoms with Gasteiger partial charge in [-0.05, 0) is 92.6 Å². The number of benzene rings is 3. The van der Waals surface area contributed by atoms with Gasteiger partial charge in [-0.3, -0.25) is 9.53 Å². The largest absolute Gasteiger partial charge is 0.508 e. The van der Waals surface area contributed by atoms with Gasteiger partial charge in [-0.1, -0.05) is 47.0 Å². The van der Waals surface area contributed by atoms with Crippen LogP contribution in [0, 0.1) is 19.3 Å². The number of ether oxygens (including phenoxy) is 3. The number of hydrogen-bond donors (Lipinski definition) is 1. The molecule has 2 unspecified atom stereocenters. The molecular formula is C31H38O6P+. The predicted octanol–water partition coefficient (Wildman–Crippen LogP) is 7.26. The van der Waals surface area contributed by atoms with E-state index in [2.05, 4.69) is 18.2 Å². The van der Waals surface area contributed by atoms with Gasteiger partial charge in [0.1, 0.15) is 11.5 Å². The molecule has 7 heteroatoms. The molecule has 0 amide bonds. The third kappa shape index (κ3) is 8.41. The highest BCUT2D eigenvalue weighted by Crippen LogP contribution is 2.32. The second kappa shape index (κ2) is 13.0. The Kier molecular flexibility index (Phi) is 10.1. The fourth-order valence-corrected chi connectivity index (χ4v) is 4.67. The lowest BCUT2D eigenvalue weighted by atomic mass is 9.93. The summed E-state index contributed by atoms with van der Waals surface area (Å²) < 4.78 is 28.9. The first-order valence-corrected chi connectivity index (χ1v) is 14.3. The van der Waals surface area contributed by atoms with E-state index < -0.39 is 19.1 Å². The van der Waals surface area contributed by atoms with E-state index in [1.54, 1.807) is 33.8 Å². The highest BCUT2D eigenvalue weighted by Gasteiger charge is 2.29. The van der Waals surface area contributed by atoms with E-state index >= 15 is 0 Å². The summed E-state index contributed by atoms with van der Waals surface area (Å²) in [7, 11) is -1.83. The summed E-state index contributed by atoms with van der Waals surface area (Å²) in [6, 6.07) is 19.8. The van der Waals surface area contributed by atoms with Crippen LogP contribution >= 0.6 is 7.80 Å². The van der Waals surface area contributed by atoms with Gasteiger partial charge in [-0.25, -0.2) is 0 Å². The van der Waals surface area contributed by atoms with Crippen molar-refractivity contribution >= 4 is 13.8 Å². The molecule has 1 N–H and O–H groups in total. The molecule has 38 heavy (non-hydrogen) atoms. The quantitative estimate of drug-likeness (QED) is 0.157. The third-order valence-electron chi connectivity index (χ3n) is 6.31. The van der Waals surface area contributed by atoms with Crippen LogP contribution in [0.4, 0.5) is 0 Å². The van der Waals surface area contributed by atoms with Crippen LogP contribution < -0.4 is 4.74 Å². The number of hydrogen-bond acceptors (Lipinski definition) is 6. The molecule has 2 atom stereocenters. The summed E-state index contributed by atoms with van der Waals surface area (Å²) in [4.78, 5) is 11.8. The van der Waals surface area contributed by atoms with Gasteiger partial charge >= 0.3 is 13.8 Å². The maximum atomic E-state index is 12.6. The van der Waals surface area contributed by atoms with Gasteiger partial charge in [0, 0.05) is 13.3 Å². The number of carbonyl (C=O) groups is 1. The van der Waals surface area contributed by atoms with Crippen molar-refractivity contribution in [2.45, 2.75) is 60.2 Å². The molecular weight excluding hydrogens is 499 g/mol. The van der Waals surface area contributed by atoms with Crippen LogP contribution in [0.15, 0.2) is 60.7 Å². The Labute approximate surface area is 226 Å². The summed E-state index contributed by atoms with van der Waals surface area (Å²) in [6.07, 6.45) is 1.40. The number of esters is 1. The van der Waals surface area contributed by atoms with Crippen molar-refractivity contribution in [3.63, 3.8) is 0 Å². The second-order valence-electron chi connectivity index (χ2n) is 10.6. The monoisotopic (exact) mass is 537 g/mol. The minimum atomic E-state index is -1.83. The minimum Gasteiger partial charge on any atom is -0.508 e. The van der Waals surface area contributed by atoms with Gasteiger partial charge in [0.25, 0.3) is 12.2 Å². The smallest absolute Gasteiger partial charge is 0.410 e. The standard InChI is InChI=1S/C31H37O6P/c1-21-14-27(37-20-38(34)23(3)35-19-36-30(33)31(4,5)6)15-22(2)28(21)18-25-12-13-29(32)26(17-25)16-24-10-8-7-9-11-24/h7-15,17,23H,16,18-20H2,1-6H3/p+1. The lowest BCUT2D eigenvalue weighted by molar-refractivity contribution is -0.166. The number of rotatable bonds is 11. The number of aromatic hydroxyl groups is 1. The Morgan fingerprint density at radius 2 is 1.61 bits per heavy atom. The Bertz CT molecular complexity index is 1240. The van der Waals surface area contributed by atoms with E-state index in [-0.39, 0.29) is 19.1 Å².